The molecule has 27 heavy (non-hydrogen) atoms. The zero-order valence-corrected chi connectivity index (χ0v) is 16.4. The SMILES string of the molecule is Cl.O=C(NCC1CNC1)c1cccc(S(=O)(=O)N2CCc3ccccc32)c1. The van der Waals surface area contributed by atoms with E-state index in [0.29, 0.717) is 31.0 Å². The van der Waals surface area contributed by atoms with Crippen molar-refractivity contribution < 1.29 is 13.2 Å². The Morgan fingerprint density at radius 2 is 1.93 bits per heavy atom. The molecule has 2 aliphatic rings. The quantitative estimate of drug-likeness (QED) is 0.792. The lowest BCUT2D eigenvalue weighted by Crippen LogP contribution is -2.48. The fraction of sp³-hybridized carbons (Fsp3) is 0.316. The summed E-state index contributed by atoms with van der Waals surface area (Å²) in [6, 6.07) is 13.8. The Bertz CT molecular complexity index is 945. The number of hydrogen-bond acceptors (Lipinski definition) is 4. The van der Waals surface area contributed by atoms with E-state index in [1.54, 1.807) is 18.2 Å². The largest absolute Gasteiger partial charge is 0.352 e. The van der Waals surface area contributed by atoms with Crippen molar-refractivity contribution in [1.29, 1.82) is 0 Å². The average molecular weight is 408 g/mol. The van der Waals surface area contributed by atoms with Crippen molar-refractivity contribution in [3.05, 3.63) is 59.7 Å². The zero-order valence-electron chi connectivity index (χ0n) is 14.7. The summed E-state index contributed by atoms with van der Waals surface area (Å²) in [5, 5.41) is 6.03. The van der Waals surface area contributed by atoms with E-state index in [-0.39, 0.29) is 23.2 Å². The summed E-state index contributed by atoms with van der Waals surface area (Å²) in [7, 11) is -3.69. The maximum absolute atomic E-state index is 13.1. The van der Waals surface area contributed by atoms with Gasteiger partial charge >= 0.3 is 0 Å². The first-order valence-corrected chi connectivity index (χ1v) is 10.2. The van der Waals surface area contributed by atoms with Crippen LogP contribution in [-0.4, -0.2) is 40.5 Å². The van der Waals surface area contributed by atoms with Gasteiger partial charge in [-0.3, -0.25) is 9.10 Å². The highest BCUT2D eigenvalue weighted by molar-refractivity contribution is 7.92. The van der Waals surface area contributed by atoms with Crippen molar-refractivity contribution in [1.82, 2.24) is 10.6 Å². The van der Waals surface area contributed by atoms with Gasteiger partial charge in [0.25, 0.3) is 15.9 Å². The maximum Gasteiger partial charge on any atom is 0.264 e. The summed E-state index contributed by atoms with van der Waals surface area (Å²) < 4.78 is 27.6. The summed E-state index contributed by atoms with van der Waals surface area (Å²) >= 11 is 0. The molecule has 0 spiro atoms. The highest BCUT2D eigenvalue weighted by Gasteiger charge is 2.31. The standard InChI is InChI=1S/C19H21N3O3S.ClH/c23-19(21-13-14-11-20-12-14)16-5-3-6-17(10-16)26(24,25)22-9-8-15-4-1-2-7-18(15)22;/h1-7,10,14,20H,8-9,11-13H2,(H,21,23);1H. The predicted octanol–water partition coefficient (Wildman–Crippen LogP) is 1.81. The second-order valence-corrected chi connectivity index (χ2v) is 8.58. The Morgan fingerprint density at radius 1 is 1.15 bits per heavy atom. The molecule has 0 unspecified atom stereocenters. The molecule has 6 nitrogen and oxygen atoms in total. The second-order valence-electron chi connectivity index (χ2n) is 6.72. The fourth-order valence-corrected chi connectivity index (χ4v) is 4.86. The number of halogens is 1. The van der Waals surface area contributed by atoms with Crippen LogP contribution in [0, 0.1) is 5.92 Å². The molecular formula is C19H22ClN3O3S. The van der Waals surface area contributed by atoms with Gasteiger partial charge in [0.1, 0.15) is 0 Å². The zero-order chi connectivity index (χ0) is 18.1. The molecule has 0 bridgehead atoms. The molecule has 2 aliphatic heterocycles. The molecule has 2 aromatic rings. The van der Waals surface area contributed by atoms with Gasteiger partial charge in [-0.1, -0.05) is 24.3 Å². The number of amides is 1. The predicted molar refractivity (Wildman–Crippen MR) is 107 cm³/mol. The number of hydrogen-bond donors (Lipinski definition) is 2. The van der Waals surface area contributed by atoms with Crippen LogP contribution in [0.1, 0.15) is 15.9 Å². The first-order chi connectivity index (χ1) is 12.6. The minimum absolute atomic E-state index is 0. The van der Waals surface area contributed by atoms with Crippen molar-refractivity contribution in [2.24, 2.45) is 5.92 Å². The first kappa shape index (κ1) is 19.7. The Morgan fingerprint density at radius 3 is 2.67 bits per heavy atom. The van der Waals surface area contributed by atoms with Crippen LogP contribution < -0.4 is 14.9 Å². The Balaban J connectivity index is 0.00000210. The molecule has 0 saturated carbocycles. The number of fused-ring (bicyclic) bond motifs is 1. The summed E-state index contributed by atoms with van der Waals surface area (Å²) in [6.45, 7) is 2.83. The summed E-state index contributed by atoms with van der Waals surface area (Å²) in [6.07, 6.45) is 0.699. The van der Waals surface area contributed by atoms with Crippen molar-refractivity contribution in [2.75, 3.05) is 30.5 Å². The number of nitrogens with zero attached hydrogens (tertiary/aromatic N) is 1. The van der Waals surface area contributed by atoms with Gasteiger partial charge in [0.2, 0.25) is 0 Å². The fourth-order valence-electron chi connectivity index (χ4n) is 3.31. The van der Waals surface area contributed by atoms with Gasteiger partial charge < -0.3 is 10.6 Å². The lowest BCUT2D eigenvalue weighted by atomic mass is 10.0. The molecule has 1 amide bonds. The number of anilines is 1. The summed E-state index contributed by atoms with van der Waals surface area (Å²) in [5.74, 6) is 0.211. The molecule has 144 valence electrons. The molecule has 0 aromatic heterocycles. The van der Waals surface area contributed by atoms with Crippen molar-refractivity contribution >= 4 is 34.0 Å². The van der Waals surface area contributed by atoms with E-state index in [4.69, 9.17) is 0 Å². The average Bonchev–Trinajstić information content (AvgIpc) is 3.05. The minimum atomic E-state index is -3.69. The third-order valence-electron chi connectivity index (χ3n) is 4.95. The molecule has 2 aromatic carbocycles. The van der Waals surface area contributed by atoms with E-state index >= 15 is 0 Å². The van der Waals surface area contributed by atoms with Gasteiger partial charge in [0.05, 0.1) is 10.6 Å². The molecule has 2 N–H and O–H groups in total. The molecule has 2 heterocycles. The molecular weight excluding hydrogens is 386 g/mol. The molecule has 0 atom stereocenters. The summed E-state index contributed by atoms with van der Waals surface area (Å²) in [4.78, 5) is 12.5. The van der Waals surface area contributed by atoms with Gasteiger partial charge in [0.15, 0.2) is 0 Å². The third kappa shape index (κ3) is 3.81. The van der Waals surface area contributed by atoms with Crippen LogP contribution in [0.2, 0.25) is 0 Å². The van der Waals surface area contributed by atoms with Crippen LogP contribution in [-0.2, 0) is 16.4 Å². The van der Waals surface area contributed by atoms with E-state index in [0.717, 1.165) is 24.3 Å². The summed E-state index contributed by atoms with van der Waals surface area (Å²) in [5.41, 5.74) is 2.12. The van der Waals surface area contributed by atoms with Crippen LogP contribution in [0.4, 0.5) is 5.69 Å². The molecule has 0 aliphatic carbocycles. The number of rotatable bonds is 5. The maximum atomic E-state index is 13.1. The van der Waals surface area contributed by atoms with Crippen LogP contribution in [0.3, 0.4) is 0 Å². The van der Waals surface area contributed by atoms with E-state index < -0.39 is 10.0 Å². The molecule has 4 rings (SSSR count). The molecule has 1 fully saturated rings. The number of carbonyl (C=O) groups excluding carboxylic acids is 1. The molecule has 8 heteroatoms. The van der Waals surface area contributed by atoms with E-state index in [2.05, 4.69) is 10.6 Å². The van der Waals surface area contributed by atoms with E-state index in [1.807, 2.05) is 24.3 Å². The smallest absolute Gasteiger partial charge is 0.264 e. The van der Waals surface area contributed by atoms with Gasteiger partial charge in [-0.15, -0.1) is 12.4 Å². The van der Waals surface area contributed by atoms with Crippen LogP contribution >= 0.6 is 12.4 Å². The van der Waals surface area contributed by atoms with Crippen molar-refractivity contribution in [2.45, 2.75) is 11.3 Å². The van der Waals surface area contributed by atoms with Crippen LogP contribution in [0.15, 0.2) is 53.4 Å². The third-order valence-corrected chi connectivity index (χ3v) is 6.76. The van der Waals surface area contributed by atoms with Gasteiger partial charge in [-0.25, -0.2) is 8.42 Å². The normalized spacial score (nSPS) is 16.2. The Labute approximate surface area is 165 Å². The van der Waals surface area contributed by atoms with Gasteiger partial charge in [0, 0.05) is 37.7 Å². The number of benzene rings is 2. The Hall–Kier alpha value is -2.09. The highest BCUT2D eigenvalue weighted by atomic mass is 35.5. The number of carbonyl (C=O) groups is 1. The second kappa shape index (κ2) is 7.88. The first-order valence-electron chi connectivity index (χ1n) is 8.75. The van der Waals surface area contributed by atoms with Crippen molar-refractivity contribution in [3.8, 4) is 0 Å². The van der Waals surface area contributed by atoms with Crippen LogP contribution in [0.25, 0.3) is 0 Å². The molecule has 0 radical (unpaired) electrons. The van der Waals surface area contributed by atoms with E-state index in [1.165, 1.54) is 10.4 Å². The monoisotopic (exact) mass is 407 g/mol. The van der Waals surface area contributed by atoms with E-state index in [9.17, 15) is 13.2 Å². The van der Waals surface area contributed by atoms with Crippen molar-refractivity contribution in [3.63, 3.8) is 0 Å². The molecule has 1 saturated heterocycles. The minimum Gasteiger partial charge on any atom is -0.352 e. The Kier molecular flexibility index (Phi) is 5.74. The highest BCUT2D eigenvalue weighted by Crippen LogP contribution is 2.32. The van der Waals surface area contributed by atoms with Gasteiger partial charge in [-0.05, 0) is 36.2 Å². The number of nitrogens with one attached hydrogen (secondary N) is 2. The van der Waals surface area contributed by atoms with Gasteiger partial charge in [-0.2, -0.15) is 0 Å². The lowest BCUT2D eigenvalue weighted by Gasteiger charge is -2.27. The lowest BCUT2D eigenvalue weighted by molar-refractivity contribution is 0.0942. The van der Waals surface area contributed by atoms with Crippen LogP contribution in [0.5, 0.6) is 0 Å². The topological polar surface area (TPSA) is 78.5 Å². The number of sulfonamides is 1. The number of para-hydroxylation sites is 1.